The van der Waals surface area contributed by atoms with Gasteiger partial charge in [0.2, 0.25) is 0 Å². The van der Waals surface area contributed by atoms with Crippen LogP contribution in [-0.4, -0.2) is 49.3 Å². The maximum absolute atomic E-state index is 2.92. The fourth-order valence-corrected chi connectivity index (χ4v) is 10.2. The van der Waals surface area contributed by atoms with Crippen LogP contribution >= 0.6 is 0 Å². The quantitative estimate of drug-likeness (QED) is 0.688. The Hall–Kier alpha value is 0.571. The highest BCUT2D eigenvalue weighted by molar-refractivity contribution is 6.79. The highest BCUT2D eigenvalue weighted by atomic mass is 28.4. The number of hydrogen-bond donors (Lipinski definition) is 0. The van der Waals surface area contributed by atoms with E-state index < -0.39 is 0 Å². The topological polar surface area (TPSA) is 6.48 Å². The van der Waals surface area contributed by atoms with Crippen molar-refractivity contribution in [1.82, 2.24) is 8.46 Å². The van der Waals surface area contributed by atoms with Crippen molar-refractivity contribution in [2.45, 2.75) is 45.5 Å². The van der Waals surface area contributed by atoms with Crippen molar-refractivity contribution in [3.05, 3.63) is 0 Å². The monoisotopic (exact) mass is 244 g/mol. The van der Waals surface area contributed by atoms with Gasteiger partial charge in [0.1, 0.15) is 17.9 Å². The highest BCUT2D eigenvalue weighted by Gasteiger charge is 2.20. The zero-order chi connectivity index (χ0) is 10.6. The van der Waals surface area contributed by atoms with E-state index in [9.17, 15) is 0 Å². The molecule has 1 rings (SSSR count). The van der Waals surface area contributed by atoms with E-state index in [0.29, 0.717) is 0 Å². The van der Waals surface area contributed by atoms with Crippen LogP contribution in [0.3, 0.4) is 0 Å². The second kappa shape index (κ2) is 6.22. The first-order valence-corrected chi connectivity index (χ1v) is 11.9. The Bertz CT molecular complexity index is 150. The lowest BCUT2D eigenvalue weighted by atomic mass is 10.2. The van der Waals surface area contributed by atoms with Crippen molar-refractivity contribution in [3.8, 4) is 0 Å². The molecule has 0 spiro atoms. The predicted molar refractivity (Wildman–Crippen MR) is 70.8 cm³/mol. The number of rotatable bonds is 4. The van der Waals surface area contributed by atoms with Crippen molar-refractivity contribution < 1.29 is 0 Å². The van der Waals surface area contributed by atoms with Crippen LogP contribution < -0.4 is 0 Å². The third-order valence-corrected chi connectivity index (χ3v) is 13.7. The molecule has 0 bridgehead atoms. The summed E-state index contributed by atoms with van der Waals surface area (Å²) >= 11 is 0. The van der Waals surface area contributed by atoms with Crippen molar-refractivity contribution in [1.29, 1.82) is 0 Å². The predicted octanol–water partition coefficient (Wildman–Crippen LogP) is 1.28. The molecular formula is C9H24N2Si3. The molecule has 0 amide bonds. The van der Waals surface area contributed by atoms with Gasteiger partial charge < -0.3 is 8.46 Å². The smallest absolute Gasteiger partial charge is 0.159 e. The Morgan fingerprint density at radius 3 is 1.86 bits per heavy atom. The summed E-state index contributed by atoms with van der Waals surface area (Å²) < 4.78 is 5.71. The van der Waals surface area contributed by atoms with Gasteiger partial charge in [0.15, 0.2) is 9.84 Å². The minimum absolute atomic E-state index is 0.0582. The SMILES string of the molecule is C[Si](C)N([SiH2]N1CCCCC1)[Si](C)C. The molecule has 0 aromatic heterocycles. The number of hydrogen-bond acceptors (Lipinski definition) is 2. The molecule has 0 aliphatic carbocycles. The van der Waals surface area contributed by atoms with E-state index in [-0.39, 0.29) is 27.8 Å². The minimum Gasteiger partial charge on any atom is -0.363 e. The zero-order valence-electron chi connectivity index (χ0n) is 10.1. The second-order valence-electron chi connectivity index (χ2n) is 4.64. The summed E-state index contributed by atoms with van der Waals surface area (Å²) in [5.41, 5.74) is 0. The molecule has 0 unspecified atom stereocenters. The Kier molecular flexibility index (Phi) is 5.61. The van der Waals surface area contributed by atoms with Crippen molar-refractivity contribution in [2.75, 3.05) is 13.1 Å². The molecule has 1 aliphatic heterocycles. The molecule has 2 radical (unpaired) electrons. The molecule has 5 heteroatoms. The Labute approximate surface area is 95.0 Å². The summed E-state index contributed by atoms with van der Waals surface area (Å²) in [6.45, 7) is 12.6. The normalized spacial score (nSPS) is 20.8. The van der Waals surface area contributed by atoms with E-state index in [1.54, 1.807) is 0 Å². The molecule has 14 heavy (non-hydrogen) atoms. The van der Waals surface area contributed by atoms with Crippen molar-refractivity contribution >= 4 is 27.8 Å². The van der Waals surface area contributed by atoms with Gasteiger partial charge >= 0.3 is 0 Å². The first kappa shape index (κ1) is 12.6. The lowest BCUT2D eigenvalue weighted by Gasteiger charge is -2.36. The Morgan fingerprint density at radius 2 is 1.43 bits per heavy atom. The molecule has 2 nitrogen and oxygen atoms in total. The van der Waals surface area contributed by atoms with Gasteiger partial charge in [0, 0.05) is 0 Å². The molecule has 1 heterocycles. The van der Waals surface area contributed by atoms with Crippen LogP contribution in [0.2, 0.25) is 26.2 Å². The van der Waals surface area contributed by atoms with Crippen molar-refractivity contribution in [2.24, 2.45) is 0 Å². The summed E-state index contributed by atoms with van der Waals surface area (Å²) in [7, 11) is -0.403. The van der Waals surface area contributed by atoms with Gasteiger partial charge in [-0.1, -0.05) is 32.6 Å². The van der Waals surface area contributed by atoms with Gasteiger partial charge in [0.05, 0.1) is 0 Å². The van der Waals surface area contributed by atoms with Crippen LogP contribution in [0.25, 0.3) is 0 Å². The Balaban J connectivity index is 2.37. The van der Waals surface area contributed by atoms with Crippen molar-refractivity contribution in [3.63, 3.8) is 0 Å². The largest absolute Gasteiger partial charge is 0.363 e. The standard InChI is InChI=1S/C9H24N2Si3/c1-13(2)11(14(3)4)12-10-8-6-5-7-9-10/h5-9,12H2,1-4H3. The van der Waals surface area contributed by atoms with Crippen LogP contribution in [-0.2, 0) is 0 Å². The summed E-state index contributed by atoms with van der Waals surface area (Å²) in [6.07, 6.45) is 4.37. The van der Waals surface area contributed by atoms with Gasteiger partial charge in [-0.05, 0) is 25.9 Å². The summed E-state index contributed by atoms with van der Waals surface area (Å²) in [4.78, 5) is 0. The average Bonchev–Trinajstić information content (AvgIpc) is 2.15. The number of nitrogens with zero attached hydrogens (tertiary/aromatic N) is 2. The zero-order valence-corrected chi connectivity index (χ0v) is 13.6. The summed E-state index contributed by atoms with van der Waals surface area (Å²) in [5.74, 6) is 0. The maximum Gasteiger partial charge on any atom is 0.159 e. The minimum atomic E-state index is -0.173. The molecule has 0 aromatic carbocycles. The fourth-order valence-electron chi connectivity index (χ4n) is 2.03. The molecule has 1 aliphatic rings. The number of piperidine rings is 1. The van der Waals surface area contributed by atoms with Gasteiger partial charge in [-0.15, -0.1) is 0 Å². The van der Waals surface area contributed by atoms with E-state index in [0.717, 1.165) is 0 Å². The average molecular weight is 245 g/mol. The van der Waals surface area contributed by atoms with E-state index in [4.69, 9.17) is 0 Å². The molecule has 1 fully saturated rings. The lowest BCUT2D eigenvalue weighted by molar-refractivity contribution is 0.352. The lowest BCUT2D eigenvalue weighted by Crippen LogP contribution is -2.53. The fraction of sp³-hybridized carbons (Fsp3) is 1.00. The van der Waals surface area contributed by atoms with E-state index in [2.05, 4.69) is 34.7 Å². The van der Waals surface area contributed by atoms with E-state index in [1.807, 2.05) is 0 Å². The van der Waals surface area contributed by atoms with Crippen LogP contribution in [0.1, 0.15) is 19.3 Å². The molecule has 0 atom stereocenters. The van der Waals surface area contributed by atoms with Gasteiger partial charge in [-0.25, -0.2) is 0 Å². The molecule has 0 N–H and O–H groups in total. The Morgan fingerprint density at radius 1 is 0.929 bits per heavy atom. The maximum atomic E-state index is 2.92. The van der Waals surface area contributed by atoms with Gasteiger partial charge in [-0.3, -0.25) is 0 Å². The molecule has 0 saturated carbocycles. The molecule has 1 saturated heterocycles. The van der Waals surface area contributed by atoms with Crippen LogP contribution in [0, 0.1) is 0 Å². The van der Waals surface area contributed by atoms with Gasteiger partial charge in [-0.2, -0.15) is 0 Å². The van der Waals surface area contributed by atoms with E-state index >= 15 is 0 Å². The van der Waals surface area contributed by atoms with Gasteiger partial charge in [0.25, 0.3) is 0 Å². The molecular weight excluding hydrogens is 220 g/mol. The first-order valence-electron chi connectivity index (χ1n) is 5.71. The molecule has 82 valence electrons. The first-order chi connectivity index (χ1) is 6.61. The summed E-state index contributed by atoms with van der Waals surface area (Å²) in [5, 5.41) is 0. The van der Waals surface area contributed by atoms with E-state index in [1.165, 1.54) is 32.4 Å². The van der Waals surface area contributed by atoms with Crippen LogP contribution in [0.4, 0.5) is 0 Å². The third kappa shape index (κ3) is 3.98. The summed E-state index contributed by atoms with van der Waals surface area (Å²) in [6, 6.07) is 0. The third-order valence-electron chi connectivity index (χ3n) is 2.87. The highest BCUT2D eigenvalue weighted by Crippen LogP contribution is 2.09. The van der Waals surface area contributed by atoms with Crippen LogP contribution in [0.5, 0.6) is 0 Å². The van der Waals surface area contributed by atoms with Crippen LogP contribution in [0.15, 0.2) is 0 Å². The molecule has 0 aromatic rings. The second-order valence-corrected chi connectivity index (χ2v) is 13.0.